The predicted molar refractivity (Wildman–Crippen MR) is 126 cm³/mol. The Hall–Kier alpha value is -3.20. The van der Waals surface area contributed by atoms with Crippen molar-refractivity contribution in [3.8, 4) is 5.75 Å². The monoisotopic (exact) mass is 481 g/mol. The molecule has 0 radical (unpaired) electrons. The lowest BCUT2D eigenvalue weighted by molar-refractivity contribution is 0.382. The van der Waals surface area contributed by atoms with Crippen molar-refractivity contribution in [3.05, 3.63) is 75.6 Å². The third-order valence-electron chi connectivity index (χ3n) is 6.60. The molecule has 9 heteroatoms. The molecule has 2 aliphatic rings. The first-order valence-corrected chi connectivity index (χ1v) is 13.2. The second kappa shape index (κ2) is 9.21. The lowest BCUT2D eigenvalue weighted by atomic mass is 9.85. The van der Waals surface area contributed by atoms with Gasteiger partial charge in [0.2, 0.25) is 0 Å². The van der Waals surface area contributed by atoms with E-state index in [1.165, 1.54) is 12.4 Å². The number of rotatable bonds is 6. The van der Waals surface area contributed by atoms with Crippen LogP contribution in [-0.4, -0.2) is 23.5 Å². The van der Waals surface area contributed by atoms with E-state index in [1.807, 2.05) is 0 Å². The van der Waals surface area contributed by atoms with Crippen molar-refractivity contribution < 1.29 is 17.9 Å². The quantitative estimate of drug-likeness (QED) is 0.507. The largest absolute Gasteiger partial charge is 0.507 e. The zero-order chi connectivity index (χ0) is 23.7. The van der Waals surface area contributed by atoms with Gasteiger partial charge in [-0.25, -0.2) is 14.8 Å². The van der Waals surface area contributed by atoms with Crippen LogP contribution in [0, 0.1) is 5.92 Å². The molecule has 2 heterocycles. The molecule has 1 aromatic carbocycles. The molecule has 0 spiro atoms. The van der Waals surface area contributed by atoms with E-state index >= 15 is 0 Å². The number of aromatic nitrogens is 2. The number of nitrogens with one attached hydrogen (secondary N) is 1. The maximum Gasteiger partial charge on any atom is 0.343 e. The van der Waals surface area contributed by atoms with E-state index in [9.17, 15) is 18.3 Å². The summed E-state index contributed by atoms with van der Waals surface area (Å²) in [4.78, 5) is 20.6. The molecule has 3 aromatic rings. The molecule has 0 bridgehead atoms. The minimum Gasteiger partial charge on any atom is -0.507 e. The molecular weight excluding hydrogens is 454 g/mol. The van der Waals surface area contributed by atoms with Crippen LogP contribution in [0.15, 0.2) is 57.1 Å². The van der Waals surface area contributed by atoms with E-state index in [4.69, 9.17) is 4.42 Å². The summed E-state index contributed by atoms with van der Waals surface area (Å²) in [5.74, 6) is 0.639. The normalized spacial score (nSPS) is 17.3. The van der Waals surface area contributed by atoms with Crippen LogP contribution >= 0.6 is 0 Å². The fraction of sp³-hybridized carbons (Fsp3) is 0.400. The van der Waals surface area contributed by atoms with E-state index in [2.05, 4.69) is 14.7 Å². The van der Waals surface area contributed by atoms with Crippen molar-refractivity contribution in [2.45, 2.75) is 62.4 Å². The van der Waals surface area contributed by atoms with Crippen molar-refractivity contribution in [2.75, 3.05) is 4.72 Å². The van der Waals surface area contributed by atoms with Gasteiger partial charge in [0.05, 0.1) is 5.56 Å². The van der Waals surface area contributed by atoms with Crippen molar-refractivity contribution in [1.29, 1.82) is 0 Å². The number of aryl methyl sites for hydroxylation is 1. The van der Waals surface area contributed by atoms with Crippen LogP contribution in [-0.2, 0) is 22.9 Å². The van der Waals surface area contributed by atoms with Crippen LogP contribution in [0.25, 0.3) is 0 Å². The van der Waals surface area contributed by atoms with Crippen LogP contribution in [0.4, 0.5) is 5.69 Å². The molecule has 1 saturated carbocycles. The molecule has 1 unspecified atom stereocenters. The third-order valence-corrected chi connectivity index (χ3v) is 7.80. The number of nitrogens with zero attached hydrogens (tertiary/aromatic N) is 2. The smallest absolute Gasteiger partial charge is 0.343 e. The fourth-order valence-corrected chi connectivity index (χ4v) is 5.72. The first-order valence-electron chi connectivity index (χ1n) is 11.7. The number of hydrogen-bond donors (Lipinski definition) is 2. The van der Waals surface area contributed by atoms with E-state index in [1.54, 1.807) is 30.3 Å². The van der Waals surface area contributed by atoms with Gasteiger partial charge in [-0.1, -0.05) is 25.0 Å². The number of hydrogen-bond acceptors (Lipinski definition) is 7. The highest BCUT2D eigenvalue weighted by Crippen LogP contribution is 2.48. The molecule has 5 rings (SSSR count). The van der Waals surface area contributed by atoms with Gasteiger partial charge in [0.1, 0.15) is 11.5 Å². The van der Waals surface area contributed by atoms with Gasteiger partial charge in [0, 0.05) is 36.0 Å². The molecule has 2 aromatic heterocycles. The molecule has 2 aliphatic carbocycles. The summed E-state index contributed by atoms with van der Waals surface area (Å²) in [6, 6.07) is 8.43. The molecule has 0 amide bonds. The summed E-state index contributed by atoms with van der Waals surface area (Å²) >= 11 is 0. The standard InChI is InChI=1S/C25H27N3O5S/c29-23-19-6-3-1-2-4-7-20(19)33-24(30)22(23)21(16-8-9-16)17-10-12-18(13-11-17)28-34(31,32)25-26-14-5-15-27-25/h5,10-16,21,28-29H,1-4,6-9H2. The van der Waals surface area contributed by atoms with Crippen molar-refractivity contribution in [1.82, 2.24) is 9.97 Å². The van der Waals surface area contributed by atoms with Gasteiger partial charge >= 0.3 is 5.63 Å². The number of benzene rings is 1. The van der Waals surface area contributed by atoms with Gasteiger partial charge in [-0.2, -0.15) is 8.42 Å². The van der Waals surface area contributed by atoms with E-state index in [0.29, 0.717) is 29.9 Å². The third kappa shape index (κ3) is 4.57. The fourth-order valence-electron chi connectivity index (χ4n) is 4.78. The van der Waals surface area contributed by atoms with E-state index < -0.39 is 15.6 Å². The molecular formula is C25H27N3O5S. The Balaban J connectivity index is 1.47. The molecule has 0 saturated heterocycles. The first kappa shape index (κ1) is 22.6. The Morgan fingerprint density at radius 3 is 2.35 bits per heavy atom. The second-order valence-electron chi connectivity index (χ2n) is 9.04. The highest BCUT2D eigenvalue weighted by atomic mass is 32.2. The summed E-state index contributed by atoms with van der Waals surface area (Å²) in [5, 5.41) is 10.9. The lowest BCUT2D eigenvalue weighted by Gasteiger charge is -2.21. The summed E-state index contributed by atoms with van der Waals surface area (Å²) in [6.45, 7) is 0. The predicted octanol–water partition coefficient (Wildman–Crippen LogP) is 4.14. The van der Waals surface area contributed by atoms with Gasteiger partial charge in [-0.15, -0.1) is 0 Å². The Labute approximate surface area is 198 Å². The Bertz CT molecular complexity index is 1330. The number of sulfonamides is 1. The molecule has 8 nitrogen and oxygen atoms in total. The Morgan fingerprint density at radius 2 is 1.68 bits per heavy atom. The minimum atomic E-state index is -3.91. The minimum absolute atomic E-state index is 0.0797. The summed E-state index contributed by atoms with van der Waals surface area (Å²) in [7, 11) is -3.91. The molecule has 2 N–H and O–H groups in total. The highest BCUT2D eigenvalue weighted by Gasteiger charge is 2.38. The van der Waals surface area contributed by atoms with Crippen molar-refractivity contribution >= 4 is 15.7 Å². The van der Waals surface area contributed by atoms with Gasteiger partial charge in [-0.05, 0) is 61.8 Å². The molecule has 1 atom stereocenters. The van der Waals surface area contributed by atoms with Crippen LogP contribution in [0.2, 0.25) is 0 Å². The average molecular weight is 482 g/mol. The van der Waals surface area contributed by atoms with Crippen LogP contribution in [0.3, 0.4) is 0 Å². The summed E-state index contributed by atoms with van der Waals surface area (Å²) in [5.41, 5.74) is 1.83. The summed E-state index contributed by atoms with van der Waals surface area (Å²) < 4.78 is 33.3. The Morgan fingerprint density at radius 1 is 1.00 bits per heavy atom. The van der Waals surface area contributed by atoms with Gasteiger partial charge < -0.3 is 9.52 Å². The van der Waals surface area contributed by atoms with Crippen LogP contribution < -0.4 is 10.3 Å². The molecule has 178 valence electrons. The first-order chi connectivity index (χ1) is 16.4. The zero-order valence-electron chi connectivity index (χ0n) is 18.7. The summed E-state index contributed by atoms with van der Waals surface area (Å²) in [6.07, 6.45) is 10.1. The SMILES string of the molecule is O=c1oc2c(c(O)c1C(c1ccc(NS(=O)(=O)c3ncccn3)cc1)C1CC1)CCCCCC2. The van der Waals surface area contributed by atoms with Crippen LogP contribution in [0.5, 0.6) is 5.75 Å². The van der Waals surface area contributed by atoms with Gasteiger partial charge in [0.25, 0.3) is 15.2 Å². The Kier molecular flexibility index (Phi) is 6.12. The van der Waals surface area contributed by atoms with Gasteiger partial charge in [0.15, 0.2) is 0 Å². The van der Waals surface area contributed by atoms with E-state index in [-0.39, 0.29) is 22.7 Å². The zero-order valence-corrected chi connectivity index (χ0v) is 19.6. The van der Waals surface area contributed by atoms with Crippen LogP contribution in [0.1, 0.15) is 66.9 Å². The van der Waals surface area contributed by atoms with Crippen molar-refractivity contribution in [2.24, 2.45) is 5.92 Å². The maximum absolute atomic E-state index is 13.0. The topological polar surface area (TPSA) is 122 Å². The maximum atomic E-state index is 13.0. The average Bonchev–Trinajstić information content (AvgIpc) is 3.64. The number of fused-ring (bicyclic) bond motifs is 1. The second-order valence-corrected chi connectivity index (χ2v) is 10.6. The molecule has 0 aliphatic heterocycles. The number of anilines is 1. The van der Waals surface area contributed by atoms with Gasteiger partial charge in [-0.3, -0.25) is 4.72 Å². The molecule has 34 heavy (non-hydrogen) atoms. The lowest BCUT2D eigenvalue weighted by Crippen LogP contribution is -2.19. The number of aromatic hydroxyl groups is 1. The highest BCUT2D eigenvalue weighted by molar-refractivity contribution is 7.92. The van der Waals surface area contributed by atoms with Crippen molar-refractivity contribution in [3.63, 3.8) is 0 Å². The molecule has 1 fully saturated rings. The van der Waals surface area contributed by atoms with E-state index in [0.717, 1.165) is 49.7 Å².